The molecule has 87 heavy (non-hydrogen) atoms. The minimum Gasteiger partial charge on any atom is -0.309 e. The van der Waals surface area contributed by atoms with Crippen LogP contribution in [0.15, 0.2) is 340 Å². The second-order valence-corrected chi connectivity index (χ2v) is 23.1. The first kappa shape index (κ1) is 50.2. The first-order valence-electron chi connectivity index (χ1n) is 30.1. The third-order valence-electron chi connectivity index (χ3n) is 18.5. The zero-order valence-electron chi connectivity index (χ0n) is 47.7. The number of rotatable bonds is 10. The maximum Gasteiger partial charge on any atom is 0.0726 e. The van der Waals surface area contributed by atoms with Gasteiger partial charge in [0.1, 0.15) is 0 Å². The summed E-state index contributed by atoms with van der Waals surface area (Å²) in [6, 6.07) is 126. The molecule has 0 N–H and O–H groups in total. The molecule has 1 aromatic heterocycles. The first-order chi connectivity index (χ1) is 43.2. The van der Waals surface area contributed by atoms with Gasteiger partial charge in [-0.25, -0.2) is 0 Å². The second kappa shape index (κ2) is 20.5. The van der Waals surface area contributed by atoms with E-state index in [1.54, 1.807) is 0 Å². The van der Waals surface area contributed by atoms with Gasteiger partial charge in [0.15, 0.2) is 0 Å². The van der Waals surface area contributed by atoms with E-state index in [1.807, 2.05) is 0 Å². The summed E-state index contributed by atoms with van der Waals surface area (Å²) in [5.41, 5.74) is 30.9. The quantitative estimate of drug-likeness (QED) is 0.132. The molecule has 17 rings (SSSR count). The lowest BCUT2D eigenvalue weighted by Gasteiger charge is -2.33. The Hall–Kier alpha value is -11.3. The van der Waals surface area contributed by atoms with Gasteiger partial charge in [-0.2, -0.15) is 0 Å². The van der Waals surface area contributed by atoms with Gasteiger partial charge in [0.05, 0.1) is 22.1 Å². The van der Waals surface area contributed by atoms with Crippen molar-refractivity contribution in [3.8, 4) is 94.7 Å². The van der Waals surface area contributed by atoms with Crippen molar-refractivity contribution in [3.05, 3.63) is 362 Å². The monoisotopic (exact) mass is 1100 g/mol. The third-order valence-corrected chi connectivity index (χ3v) is 18.5. The van der Waals surface area contributed by atoms with E-state index in [0.717, 1.165) is 56.1 Å². The smallest absolute Gasteiger partial charge is 0.0726 e. The largest absolute Gasteiger partial charge is 0.309 e. The van der Waals surface area contributed by atoms with Crippen molar-refractivity contribution in [2.24, 2.45) is 0 Å². The Kier molecular flexibility index (Phi) is 11.8. The number of para-hydroxylation sites is 1. The lowest BCUT2D eigenvalue weighted by molar-refractivity contribution is 0.793. The summed E-state index contributed by atoms with van der Waals surface area (Å²) >= 11 is 0. The highest BCUT2D eigenvalue weighted by atomic mass is 15.1. The Morgan fingerprint density at radius 2 is 0.552 bits per heavy atom. The average Bonchev–Trinajstić information content (AvgIpc) is 1.73. The number of anilines is 3. The zero-order chi connectivity index (χ0) is 57.4. The maximum absolute atomic E-state index is 2.52. The summed E-state index contributed by atoms with van der Waals surface area (Å²) < 4.78 is 2.42. The highest BCUT2D eigenvalue weighted by Gasteiger charge is 2.51. The Bertz CT molecular complexity index is 4880. The van der Waals surface area contributed by atoms with Gasteiger partial charge in [-0.1, -0.05) is 279 Å². The van der Waals surface area contributed by atoms with Gasteiger partial charge < -0.3 is 9.47 Å². The van der Waals surface area contributed by atoms with Crippen molar-refractivity contribution in [3.63, 3.8) is 0 Å². The van der Waals surface area contributed by atoms with Gasteiger partial charge >= 0.3 is 0 Å². The van der Waals surface area contributed by atoms with Crippen molar-refractivity contribution >= 4 is 38.9 Å². The molecule has 0 fully saturated rings. The molecule has 406 valence electrons. The average molecular weight is 1110 g/mol. The highest BCUT2D eigenvalue weighted by Crippen LogP contribution is 2.63. The normalized spacial score (nSPS) is 12.5. The fourth-order valence-corrected chi connectivity index (χ4v) is 14.5. The molecule has 0 saturated carbocycles. The molecular formula is C85H56N2. The lowest BCUT2D eigenvalue weighted by atomic mass is 9.70. The fraction of sp³-hybridized carbons (Fsp3) is 0.0118. The van der Waals surface area contributed by atoms with Crippen molar-refractivity contribution < 1.29 is 0 Å². The molecule has 15 aromatic rings. The van der Waals surface area contributed by atoms with E-state index in [1.165, 1.54) is 99.7 Å². The van der Waals surface area contributed by atoms with Gasteiger partial charge in [0, 0.05) is 39.0 Å². The Morgan fingerprint density at radius 3 is 1.00 bits per heavy atom. The van der Waals surface area contributed by atoms with Crippen LogP contribution in [0.2, 0.25) is 0 Å². The van der Waals surface area contributed by atoms with Crippen LogP contribution in [-0.2, 0) is 5.41 Å². The maximum atomic E-state index is 2.52. The molecule has 1 heterocycles. The third kappa shape index (κ3) is 8.10. The fourth-order valence-electron chi connectivity index (χ4n) is 14.5. The molecule has 2 nitrogen and oxygen atoms in total. The van der Waals surface area contributed by atoms with E-state index >= 15 is 0 Å². The van der Waals surface area contributed by atoms with E-state index in [2.05, 4.69) is 349 Å². The van der Waals surface area contributed by atoms with Crippen LogP contribution < -0.4 is 4.90 Å². The van der Waals surface area contributed by atoms with Crippen LogP contribution in [-0.4, -0.2) is 4.57 Å². The van der Waals surface area contributed by atoms with Crippen molar-refractivity contribution in [1.29, 1.82) is 0 Å². The minimum absolute atomic E-state index is 0.492. The molecule has 0 amide bonds. The molecular weight excluding hydrogens is 1050 g/mol. The summed E-state index contributed by atoms with van der Waals surface area (Å²) in [6.45, 7) is 0. The number of fused-ring (bicyclic) bond motifs is 13. The zero-order valence-corrected chi connectivity index (χ0v) is 47.7. The van der Waals surface area contributed by atoms with Crippen LogP contribution in [0, 0.1) is 0 Å². The van der Waals surface area contributed by atoms with Crippen molar-refractivity contribution in [2.45, 2.75) is 5.41 Å². The van der Waals surface area contributed by atoms with Gasteiger partial charge in [0.2, 0.25) is 0 Å². The van der Waals surface area contributed by atoms with Gasteiger partial charge in [0.25, 0.3) is 0 Å². The molecule has 14 aromatic carbocycles. The Balaban J connectivity index is 0.756. The molecule has 2 aliphatic carbocycles. The van der Waals surface area contributed by atoms with E-state index < -0.39 is 5.41 Å². The summed E-state index contributed by atoms with van der Waals surface area (Å²) in [5.74, 6) is 0. The summed E-state index contributed by atoms with van der Waals surface area (Å²) in [4.78, 5) is 2.52. The summed E-state index contributed by atoms with van der Waals surface area (Å²) in [5, 5.41) is 2.48. The molecule has 1 spiro atoms. The summed E-state index contributed by atoms with van der Waals surface area (Å²) in [6.07, 6.45) is 0. The molecule has 0 bridgehead atoms. The Labute approximate surface area is 507 Å². The summed E-state index contributed by atoms with van der Waals surface area (Å²) in [7, 11) is 0. The predicted octanol–water partition coefficient (Wildman–Crippen LogP) is 22.6. The van der Waals surface area contributed by atoms with Crippen molar-refractivity contribution in [2.75, 3.05) is 4.90 Å². The SMILES string of the molecule is c1ccc(-c2ccc3c(c2)c2cc(-c4ccccc4)ccc2n3-c2ccc(-c3ccc(-c4ccc(N(c5ccc6c(c5)C5(c7ccccc7-c7ccccc75)c5ccccc5-6)c5c(-c6ccccc6)cccc5-c5ccccc5)cc4)cc3)cc2)cc1. The molecule has 2 aliphatic rings. The van der Waals surface area contributed by atoms with Crippen molar-refractivity contribution in [1.82, 2.24) is 4.57 Å². The second-order valence-electron chi connectivity index (χ2n) is 23.1. The minimum atomic E-state index is -0.492. The molecule has 0 unspecified atom stereocenters. The standard InChI is InChI=1S/C85H56N2/c1-5-20-57(21-6-1)65-44-52-82-76(54-65)77-55-66(58-22-7-2-8-23-58)45-53-83(77)87(82)68-48-42-62(43-49-68)60-38-36-59(37-39-60)61-40-46-67(47-41-61)86(84-70(63-24-9-3-10-25-63)31-19-32-71(84)64-26-11-4-12-27-64)69-50-51-75-74-30-15-18-35-80(74)85(81(75)56-69)78-33-16-13-28-72(78)73-29-14-17-34-79(73)85/h1-56H. The van der Waals surface area contributed by atoms with Gasteiger partial charge in [-0.05, 0) is 161 Å². The van der Waals surface area contributed by atoms with Gasteiger partial charge in [-0.15, -0.1) is 0 Å². The van der Waals surface area contributed by atoms with E-state index in [9.17, 15) is 0 Å². The van der Waals surface area contributed by atoms with Crippen LogP contribution >= 0.6 is 0 Å². The van der Waals surface area contributed by atoms with E-state index in [-0.39, 0.29) is 0 Å². The van der Waals surface area contributed by atoms with Crippen LogP contribution in [0.3, 0.4) is 0 Å². The highest BCUT2D eigenvalue weighted by molar-refractivity contribution is 6.12. The number of hydrogen-bond donors (Lipinski definition) is 0. The van der Waals surface area contributed by atoms with E-state index in [0.29, 0.717) is 0 Å². The Morgan fingerprint density at radius 1 is 0.218 bits per heavy atom. The topological polar surface area (TPSA) is 8.17 Å². The van der Waals surface area contributed by atoms with Crippen LogP contribution in [0.5, 0.6) is 0 Å². The predicted molar refractivity (Wildman–Crippen MR) is 364 cm³/mol. The molecule has 2 heteroatoms. The van der Waals surface area contributed by atoms with Crippen LogP contribution in [0.25, 0.3) is 117 Å². The molecule has 0 aliphatic heterocycles. The number of hydrogen-bond acceptors (Lipinski definition) is 1. The molecule has 0 radical (unpaired) electrons. The first-order valence-corrected chi connectivity index (χ1v) is 30.1. The number of nitrogens with zero attached hydrogens (tertiary/aromatic N) is 2. The van der Waals surface area contributed by atoms with Crippen LogP contribution in [0.4, 0.5) is 17.1 Å². The number of benzene rings is 14. The number of aromatic nitrogens is 1. The van der Waals surface area contributed by atoms with E-state index in [4.69, 9.17) is 0 Å². The molecule has 0 atom stereocenters. The lowest BCUT2D eigenvalue weighted by Crippen LogP contribution is -2.26. The van der Waals surface area contributed by atoms with Crippen LogP contribution in [0.1, 0.15) is 22.3 Å². The molecule has 0 saturated heterocycles. The van der Waals surface area contributed by atoms with Gasteiger partial charge in [-0.3, -0.25) is 0 Å².